The van der Waals surface area contributed by atoms with E-state index in [9.17, 15) is 5.11 Å². The molecule has 16 heavy (non-hydrogen) atoms. The highest BCUT2D eigenvalue weighted by molar-refractivity contribution is 5.27. The lowest BCUT2D eigenvalue weighted by Gasteiger charge is -2.18. The molecular weight excluding hydrogens is 208 g/mol. The fourth-order valence-electron chi connectivity index (χ4n) is 2.11. The van der Waals surface area contributed by atoms with Crippen LogP contribution < -0.4 is 4.74 Å². The minimum Gasteiger partial charge on any atom is -0.493 e. The molecule has 1 aromatic heterocycles. The van der Waals surface area contributed by atoms with E-state index in [0.29, 0.717) is 12.4 Å². The molecule has 90 valence electrons. The Bertz CT molecular complexity index is 323. The van der Waals surface area contributed by atoms with Gasteiger partial charge in [-0.2, -0.15) is 5.10 Å². The van der Waals surface area contributed by atoms with Gasteiger partial charge in [0.1, 0.15) is 11.8 Å². The second-order valence-electron chi connectivity index (χ2n) is 3.98. The summed E-state index contributed by atoms with van der Waals surface area (Å²) >= 11 is 0. The third kappa shape index (κ3) is 1.92. The average Bonchev–Trinajstić information content (AvgIpc) is 2.96. The summed E-state index contributed by atoms with van der Waals surface area (Å²) in [5.41, 5.74) is 0.764. The van der Waals surface area contributed by atoms with Crippen LogP contribution in [0.4, 0.5) is 0 Å². The molecule has 0 aromatic carbocycles. The molecule has 5 heteroatoms. The van der Waals surface area contributed by atoms with Crippen LogP contribution in [0, 0.1) is 5.92 Å². The lowest BCUT2D eigenvalue weighted by molar-refractivity contribution is 0.0824. The van der Waals surface area contributed by atoms with E-state index in [-0.39, 0.29) is 5.92 Å². The molecule has 0 spiro atoms. The number of ether oxygens (including phenoxy) is 2. The topological polar surface area (TPSA) is 56.5 Å². The van der Waals surface area contributed by atoms with Gasteiger partial charge in [-0.25, -0.2) is 0 Å². The van der Waals surface area contributed by atoms with E-state index < -0.39 is 6.10 Å². The van der Waals surface area contributed by atoms with Gasteiger partial charge in [-0.05, 0) is 13.3 Å². The summed E-state index contributed by atoms with van der Waals surface area (Å²) in [6, 6.07) is 0. The molecule has 1 saturated heterocycles. The van der Waals surface area contributed by atoms with E-state index in [2.05, 4.69) is 5.10 Å². The van der Waals surface area contributed by atoms with Crippen LogP contribution in [0.2, 0.25) is 0 Å². The smallest absolute Gasteiger partial charge is 0.162 e. The maximum atomic E-state index is 10.3. The number of nitrogens with zero attached hydrogens (tertiary/aromatic N) is 2. The van der Waals surface area contributed by atoms with E-state index in [1.807, 2.05) is 6.92 Å². The zero-order valence-electron chi connectivity index (χ0n) is 9.72. The second kappa shape index (κ2) is 4.84. The summed E-state index contributed by atoms with van der Waals surface area (Å²) in [4.78, 5) is 0. The van der Waals surface area contributed by atoms with Crippen molar-refractivity contribution >= 4 is 0 Å². The van der Waals surface area contributed by atoms with Gasteiger partial charge in [0, 0.05) is 19.1 Å². The molecule has 1 fully saturated rings. The van der Waals surface area contributed by atoms with Gasteiger partial charge in [0.15, 0.2) is 5.75 Å². The fourth-order valence-corrected chi connectivity index (χ4v) is 2.11. The SMILES string of the molecule is CCn1ncc(OC)c1C(O)C1CCOC1. The van der Waals surface area contributed by atoms with Gasteiger partial charge in [0.2, 0.25) is 0 Å². The molecule has 0 bridgehead atoms. The molecule has 2 rings (SSSR count). The normalized spacial score (nSPS) is 22.3. The number of aliphatic hydroxyl groups excluding tert-OH is 1. The minimum atomic E-state index is -0.556. The Balaban J connectivity index is 2.25. The van der Waals surface area contributed by atoms with Crippen molar-refractivity contribution in [2.45, 2.75) is 26.0 Å². The molecule has 0 radical (unpaired) electrons. The predicted molar refractivity (Wildman–Crippen MR) is 58.3 cm³/mol. The number of aryl methyl sites for hydroxylation is 1. The fraction of sp³-hybridized carbons (Fsp3) is 0.727. The molecule has 2 atom stereocenters. The van der Waals surface area contributed by atoms with Crippen molar-refractivity contribution in [2.75, 3.05) is 20.3 Å². The Kier molecular flexibility index (Phi) is 3.46. The third-order valence-electron chi connectivity index (χ3n) is 3.06. The highest BCUT2D eigenvalue weighted by atomic mass is 16.5. The Morgan fingerprint density at radius 3 is 3.12 bits per heavy atom. The maximum absolute atomic E-state index is 10.3. The van der Waals surface area contributed by atoms with Crippen LogP contribution >= 0.6 is 0 Å². The molecule has 1 aliphatic heterocycles. The van der Waals surface area contributed by atoms with Crippen molar-refractivity contribution in [3.8, 4) is 5.75 Å². The van der Waals surface area contributed by atoms with E-state index in [1.54, 1.807) is 18.0 Å². The molecule has 2 unspecified atom stereocenters. The Hall–Kier alpha value is -1.07. The molecule has 1 aromatic rings. The number of aliphatic hydroxyl groups is 1. The highest BCUT2D eigenvalue weighted by Crippen LogP contribution is 2.33. The van der Waals surface area contributed by atoms with Gasteiger partial charge in [-0.3, -0.25) is 4.68 Å². The van der Waals surface area contributed by atoms with Gasteiger partial charge in [-0.1, -0.05) is 0 Å². The molecule has 2 heterocycles. The van der Waals surface area contributed by atoms with Crippen LogP contribution in [0.15, 0.2) is 6.20 Å². The first-order chi connectivity index (χ1) is 7.77. The molecular formula is C11H18N2O3. The molecule has 1 aliphatic rings. The summed E-state index contributed by atoms with van der Waals surface area (Å²) in [5.74, 6) is 0.803. The standard InChI is InChI=1S/C11H18N2O3/c1-3-13-10(9(15-2)6-12-13)11(14)8-4-5-16-7-8/h6,8,11,14H,3-5,7H2,1-2H3. The Morgan fingerprint density at radius 2 is 2.56 bits per heavy atom. The lowest BCUT2D eigenvalue weighted by atomic mass is 9.98. The summed E-state index contributed by atoms with van der Waals surface area (Å²) in [6.07, 6.45) is 1.98. The summed E-state index contributed by atoms with van der Waals surface area (Å²) < 4.78 is 12.3. The van der Waals surface area contributed by atoms with E-state index >= 15 is 0 Å². The van der Waals surface area contributed by atoms with Gasteiger partial charge in [0.05, 0.1) is 19.9 Å². The van der Waals surface area contributed by atoms with E-state index in [0.717, 1.165) is 25.3 Å². The van der Waals surface area contributed by atoms with Crippen molar-refractivity contribution in [2.24, 2.45) is 5.92 Å². The average molecular weight is 226 g/mol. The number of hydrogen-bond donors (Lipinski definition) is 1. The van der Waals surface area contributed by atoms with E-state index in [4.69, 9.17) is 9.47 Å². The third-order valence-corrected chi connectivity index (χ3v) is 3.06. The summed E-state index contributed by atoms with van der Waals surface area (Å²) in [7, 11) is 1.60. The van der Waals surface area contributed by atoms with Crippen LogP contribution in [0.25, 0.3) is 0 Å². The quantitative estimate of drug-likeness (QED) is 0.831. The highest BCUT2D eigenvalue weighted by Gasteiger charge is 2.30. The van der Waals surface area contributed by atoms with Crippen LogP contribution in [0.3, 0.4) is 0 Å². The molecule has 0 saturated carbocycles. The predicted octanol–water partition coefficient (Wildman–Crippen LogP) is 0.982. The second-order valence-corrected chi connectivity index (χ2v) is 3.98. The van der Waals surface area contributed by atoms with Crippen molar-refractivity contribution in [1.82, 2.24) is 9.78 Å². The van der Waals surface area contributed by atoms with Gasteiger partial charge in [0.25, 0.3) is 0 Å². The van der Waals surface area contributed by atoms with Crippen molar-refractivity contribution in [3.63, 3.8) is 0 Å². The monoisotopic (exact) mass is 226 g/mol. The Morgan fingerprint density at radius 1 is 1.75 bits per heavy atom. The first kappa shape index (κ1) is 11.4. The lowest BCUT2D eigenvalue weighted by Crippen LogP contribution is -2.17. The maximum Gasteiger partial charge on any atom is 0.162 e. The van der Waals surface area contributed by atoms with E-state index in [1.165, 1.54) is 0 Å². The van der Waals surface area contributed by atoms with Gasteiger partial charge in [-0.15, -0.1) is 0 Å². The summed E-state index contributed by atoms with van der Waals surface area (Å²) in [5, 5.41) is 14.5. The zero-order valence-corrected chi connectivity index (χ0v) is 9.72. The summed E-state index contributed by atoms with van der Waals surface area (Å²) in [6.45, 7) is 4.06. The van der Waals surface area contributed by atoms with Gasteiger partial charge >= 0.3 is 0 Å². The largest absolute Gasteiger partial charge is 0.493 e. The van der Waals surface area contributed by atoms with Crippen LogP contribution in [-0.4, -0.2) is 35.2 Å². The number of rotatable bonds is 4. The number of aromatic nitrogens is 2. The zero-order chi connectivity index (χ0) is 11.5. The van der Waals surface area contributed by atoms with Crippen molar-refractivity contribution < 1.29 is 14.6 Å². The molecule has 1 N–H and O–H groups in total. The van der Waals surface area contributed by atoms with Crippen molar-refractivity contribution in [3.05, 3.63) is 11.9 Å². The Labute approximate surface area is 95.0 Å². The van der Waals surface area contributed by atoms with Crippen LogP contribution in [0.5, 0.6) is 5.75 Å². The van der Waals surface area contributed by atoms with Crippen LogP contribution in [0.1, 0.15) is 25.1 Å². The van der Waals surface area contributed by atoms with Gasteiger partial charge < -0.3 is 14.6 Å². The molecule has 0 aliphatic carbocycles. The number of methoxy groups -OCH3 is 1. The first-order valence-corrected chi connectivity index (χ1v) is 5.63. The number of hydrogen-bond acceptors (Lipinski definition) is 4. The first-order valence-electron chi connectivity index (χ1n) is 5.63. The molecule has 5 nitrogen and oxygen atoms in total. The van der Waals surface area contributed by atoms with Crippen LogP contribution in [-0.2, 0) is 11.3 Å². The minimum absolute atomic E-state index is 0.149. The molecule has 0 amide bonds. The van der Waals surface area contributed by atoms with Crippen molar-refractivity contribution in [1.29, 1.82) is 0 Å².